The van der Waals surface area contributed by atoms with Crippen LogP contribution < -0.4 is 10.1 Å². The number of hydrogen-bond donors (Lipinski definition) is 1. The van der Waals surface area contributed by atoms with E-state index in [0.29, 0.717) is 17.3 Å². The van der Waals surface area contributed by atoms with Gasteiger partial charge in [-0.05, 0) is 24.6 Å². The van der Waals surface area contributed by atoms with Gasteiger partial charge in [0.15, 0.2) is 6.61 Å². The zero-order chi connectivity index (χ0) is 15.1. The fourth-order valence-electron chi connectivity index (χ4n) is 2.09. The number of nitrogens with zero attached hydrogens (tertiary/aromatic N) is 1. The van der Waals surface area contributed by atoms with Gasteiger partial charge in [0.05, 0.1) is 18.2 Å². The first-order chi connectivity index (χ1) is 10.1. The van der Waals surface area contributed by atoms with Crippen molar-refractivity contribution in [1.29, 1.82) is 0 Å². The van der Waals surface area contributed by atoms with Crippen LogP contribution in [0.25, 0.3) is 0 Å². The molecule has 0 bridgehead atoms. The Labute approximate surface area is 130 Å². The van der Waals surface area contributed by atoms with E-state index in [1.807, 2.05) is 19.1 Å². The Hall–Kier alpha value is -1.30. The number of hydrogen-bond acceptors (Lipinski definition) is 4. The van der Waals surface area contributed by atoms with Gasteiger partial charge in [-0.15, -0.1) is 0 Å². The molecule has 2 rings (SSSR count). The Kier molecular flexibility index (Phi) is 6.29. The van der Waals surface area contributed by atoms with Crippen LogP contribution in [0.2, 0.25) is 5.02 Å². The molecule has 5 nitrogen and oxygen atoms in total. The maximum absolute atomic E-state index is 11.7. The molecular formula is C15H21ClN2O3. The first kappa shape index (κ1) is 16.1. The highest BCUT2D eigenvalue weighted by molar-refractivity contribution is 6.32. The number of morpholine rings is 1. The molecule has 1 N–H and O–H groups in total. The zero-order valence-corrected chi connectivity index (χ0v) is 13.0. The maximum atomic E-state index is 11.7. The highest BCUT2D eigenvalue weighted by Gasteiger charge is 2.10. The summed E-state index contributed by atoms with van der Waals surface area (Å²) >= 11 is 6.01. The van der Waals surface area contributed by atoms with E-state index in [4.69, 9.17) is 21.1 Å². The van der Waals surface area contributed by atoms with Crippen molar-refractivity contribution in [3.8, 4) is 5.75 Å². The number of benzene rings is 1. The monoisotopic (exact) mass is 312 g/mol. The van der Waals surface area contributed by atoms with Gasteiger partial charge >= 0.3 is 0 Å². The Morgan fingerprint density at radius 1 is 1.43 bits per heavy atom. The number of carbonyl (C=O) groups excluding carboxylic acids is 1. The molecule has 0 atom stereocenters. The maximum Gasteiger partial charge on any atom is 0.257 e. The van der Waals surface area contributed by atoms with Crippen molar-refractivity contribution >= 4 is 17.5 Å². The van der Waals surface area contributed by atoms with E-state index in [9.17, 15) is 4.79 Å². The number of ether oxygens (including phenoxy) is 2. The zero-order valence-electron chi connectivity index (χ0n) is 12.2. The summed E-state index contributed by atoms with van der Waals surface area (Å²) in [5.41, 5.74) is 1.04. The average Bonchev–Trinajstić information content (AvgIpc) is 2.49. The predicted molar refractivity (Wildman–Crippen MR) is 82.0 cm³/mol. The summed E-state index contributed by atoms with van der Waals surface area (Å²) < 4.78 is 10.7. The Morgan fingerprint density at radius 2 is 2.19 bits per heavy atom. The first-order valence-electron chi connectivity index (χ1n) is 7.11. The minimum atomic E-state index is -0.138. The van der Waals surface area contributed by atoms with Gasteiger partial charge in [-0.25, -0.2) is 0 Å². The molecule has 0 aliphatic carbocycles. The summed E-state index contributed by atoms with van der Waals surface area (Å²) in [5, 5.41) is 3.36. The molecule has 1 aliphatic heterocycles. The molecule has 0 saturated carbocycles. The lowest BCUT2D eigenvalue weighted by Gasteiger charge is -2.26. The van der Waals surface area contributed by atoms with Gasteiger partial charge in [0.1, 0.15) is 5.75 Å². The van der Waals surface area contributed by atoms with Crippen LogP contribution in [-0.4, -0.2) is 56.8 Å². The minimum Gasteiger partial charge on any atom is -0.482 e. The first-order valence-corrected chi connectivity index (χ1v) is 7.49. The molecule has 0 aromatic heterocycles. The highest BCUT2D eigenvalue weighted by atomic mass is 35.5. The number of amides is 1. The van der Waals surface area contributed by atoms with E-state index in [1.165, 1.54) is 0 Å². The Balaban J connectivity index is 1.66. The fraction of sp³-hybridized carbons (Fsp3) is 0.533. The van der Waals surface area contributed by atoms with Crippen molar-refractivity contribution in [3.63, 3.8) is 0 Å². The smallest absolute Gasteiger partial charge is 0.257 e. The third-order valence-corrected chi connectivity index (χ3v) is 3.61. The molecule has 1 amide bonds. The fourth-order valence-corrected chi connectivity index (χ4v) is 2.27. The van der Waals surface area contributed by atoms with E-state index in [2.05, 4.69) is 10.2 Å². The lowest BCUT2D eigenvalue weighted by atomic mass is 10.2. The largest absolute Gasteiger partial charge is 0.482 e. The average molecular weight is 313 g/mol. The number of nitrogens with one attached hydrogen (secondary N) is 1. The molecule has 0 radical (unpaired) electrons. The van der Waals surface area contributed by atoms with Gasteiger partial charge in [0.2, 0.25) is 0 Å². The summed E-state index contributed by atoms with van der Waals surface area (Å²) in [4.78, 5) is 14.0. The quantitative estimate of drug-likeness (QED) is 0.864. The highest BCUT2D eigenvalue weighted by Crippen LogP contribution is 2.24. The molecule has 1 fully saturated rings. The van der Waals surface area contributed by atoms with Crippen molar-refractivity contribution in [1.82, 2.24) is 10.2 Å². The summed E-state index contributed by atoms with van der Waals surface area (Å²) in [6, 6.07) is 5.49. The van der Waals surface area contributed by atoms with Crippen molar-refractivity contribution in [2.45, 2.75) is 6.92 Å². The van der Waals surface area contributed by atoms with Crippen LogP contribution in [0, 0.1) is 6.92 Å². The van der Waals surface area contributed by atoms with Crippen LogP contribution in [0.5, 0.6) is 5.75 Å². The molecule has 21 heavy (non-hydrogen) atoms. The van der Waals surface area contributed by atoms with Gasteiger partial charge in [-0.3, -0.25) is 9.69 Å². The number of aryl methyl sites for hydroxylation is 1. The number of rotatable bonds is 6. The van der Waals surface area contributed by atoms with E-state index in [-0.39, 0.29) is 12.5 Å². The molecule has 0 unspecified atom stereocenters. The van der Waals surface area contributed by atoms with Crippen molar-refractivity contribution < 1.29 is 14.3 Å². The van der Waals surface area contributed by atoms with Crippen LogP contribution in [0.1, 0.15) is 5.56 Å². The summed E-state index contributed by atoms with van der Waals surface area (Å²) in [6.07, 6.45) is 0. The van der Waals surface area contributed by atoms with Crippen LogP contribution in [0.15, 0.2) is 18.2 Å². The Bertz CT molecular complexity index is 476. The third-order valence-electron chi connectivity index (χ3n) is 3.30. The van der Waals surface area contributed by atoms with E-state index >= 15 is 0 Å². The summed E-state index contributed by atoms with van der Waals surface area (Å²) in [7, 11) is 0. The van der Waals surface area contributed by atoms with Crippen molar-refractivity contribution in [2.24, 2.45) is 0 Å². The van der Waals surface area contributed by atoms with Gasteiger partial charge in [0, 0.05) is 26.2 Å². The second kappa shape index (κ2) is 8.22. The molecule has 6 heteroatoms. The molecule has 1 aromatic carbocycles. The molecule has 1 saturated heterocycles. The second-order valence-electron chi connectivity index (χ2n) is 5.03. The lowest BCUT2D eigenvalue weighted by Crippen LogP contribution is -2.42. The SMILES string of the molecule is Cc1ccc(Cl)c(OCC(=O)NCCN2CCOCC2)c1. The van der Waals surface area contributed by atoms with Crippen LogP contribution in [0.4, 0.5) is 0 Å². The van der Waals surface area contributed by atoms with Gasteiger partial charge in [-0.2, -0.15) is 0 Å². The van der Waals surface area contributed by atoms with E-state index in [0.717, 1.165) is 38.4 Å². The molecule has 1 heterocycles. The second-order valence-corrected chi connectivity index (χ2v) is 5.43. The standard InChI is InChI=1S/C15H21ClN2O3/c1-12-2-3-13(16)14(10-12)21-11-15(19)17-4-5-18-6-8-20-9-7-18/h2-3,10H,4-9,11H2,1H3,(H,17,19). The normalized spacial score (nSPS) is 15.7. The van der Waals surface area contributed by atoms with Gasteiger partial charge in [0.25, 0.3) is 5.91 Å². The Morgan fingerprint density at radius 3 is 2.95 bits per heavy atom. The molecule has 1 aromatic rings. The van der Waals surface area contributed by atoms with Gasteiger partial charge < -0.3 is 14.8 Å². The molecule has 1 aliphatic rings. The van der Waals surface area contributed by atoms with Crippen LogP contribution >= 0.6 is 11.6 Å². The lowest BCUT2D eigenvalue weighted by molar-refractivity contribution is -0.123. The molecule has 116 valence electrons. The topological polar surface area (TPSA) is 50.8 Å². The van der Waals surface area contributed by atoms with Crippen molar-refractivity contribution in [2.75, 3.05) is 46.0 Å². The summed E-state index contributed by atoms with van der Waals surface area (Å²) in [5.74, 6) is 0.404. The number of halogens is 1. The van der Waals surface area contributed by atoms with E-state index < -0.39 is 0 Å². The molecular weight excluding hydrogens is 292 g/mol. The molecule has 0 spiro atoms. The van der Waals surface area contributed by atoms with Crippen LogP contribution in [0.3, 0.4) is 0 Å². The van der Waals surface area contributed by atoms with Crippen molar-refractivity contribution in [3.05, 3.63) is 28.8 Å². The summed E-state index contributed by atoms with van der Waals surface area (Å²) in [6.45, 7) is 6.75. The van der Waals surface area contributed by atoms with E-state index in [1.54, 1.807) is 6.07 Å². The predicted octanol–water partition coefficient (Wildman–Crippen LogP) is 1.48. The third kappa shape index (κ3) is 5.53. The van der Waals surface area contributed by atoms with Crippen LogP contribution in [-0.2, 0) is 9.53 Å². The van der Waals surface area contributed by atoms with Gasteiger partial charge in [-0.1, -0.05) is 17.7 Å². The minimum absolute atomic E-state index is 0.0215. The number of carbonyl (C=O) groups is 1.